The third-order valence-electron chi connectivity index (χ3n) is 6.07. The highest BCUT2D eigenvalue weighted by Gasteiger charge is 2.50. The Morgan fingerprint density at radius 2 is 2.13 bits per heavy atom. The van der Waals surface area contributed by atoms with Gasteiger partial charge >= 0.3 is 0 Å². The summed E-state index contributed by atoms with van der Waals surface area (Å²) in [5.74, 6) is 6.85. The fraction of sp³-hybridized carbons (Fsp3) is 0.619. The van der Waals surface area contributed by atoms with E-state index in [0.29, 0.717) is 11.7 Å². The molecule has 2 nitrogen and oxygen atoms in total. The Hall–Kier alpha value is -1.46. The minimum absolute atomic E-state index is 0.166. The van der Waals surface area contributed by atoms with E-state index < -0.39 is 5.60 Å². The zero-order valence-corrected chi connectivity index (χ0v) is 14.4. The highest BCUT2D eigenvalue weighted by atomic mass is 16.3. The van der Waals surface area contributed by atoms with Crippen LogP contribution < -0.4 is 0 Å². The van der Waals surface area contributed by atoms with Crippen molar-refractivity contribution in [3.05, 3.63) is 29.3 Å². The van der Waals surface area contributed by atoms with Crippen molar-refractivity contribution in [3.63, 3.8) is 0 Å². The van der Waals surface area contributed by atoms with Gasteiger partial charge in [-0.1, -0.05) is 31.8 Å². The molecule has 0 amide bonds. The number of rotatable bonds is 3. The summed E-state index contributed by atoms with van der Waals surface area (Å²) < 4.78 is 0. The normalized spacial score (nSPS) is 32.4. The van der Waals surface area contributed by atoms with Crippen LogP contribution in [0.4, 0.5) is 0 Å². The first-order chi connectivity index (χ1) is 11.0. The van der Waals surface area contributed by atoms with Gasteiger partial charge in [-0.3, -0.25) is 0 Å². The SMILES string of the molecule is CC#C[C@@]1(O)CC[C@@]2(CCCC)c3ccc(O)cc3CC[C@@H]2C1. The molecule has 0 unspecified atom stereocenters. The molecular weight excluding hydrogens is 284 g/mol. The molecule has 2 N–H and O–H groups in total. The first kappa shape index (κ1) is 16.4. The van der Waals surface area contributed by atoms with Crippen LogP contribution in [0.15, 0.2) is 18.2 Å². The van der Waals surface area contributed by atoms with Crippen LogP contribution in [0.25, 0.3) is 0 Å². The van der Waals surface area contributed by atoms with Gasteiger partial charge in [0.1, 0.15) is 11.4 Å². The maximum absolute atomic E-state index is 10.8. The standard InChI is InChI=1S/C21H28O2/c1-3-5-11-21-13-12-20(23,10-4-2)15-17(21)7-6-16-14-18(22)8-9-19(16)21/h8-9,14,17,22-23H,3,5-7,11-13,15H2,1-2H3/t17-,20-,21-/m1/s1. The van der Waals surface area contributed by atoms with Gasteiger partial charge in [-0.05, 0) is 80.0 Å². The molecule has 1 aromatic rings. The number of phenols is 1. The van der Waals surface area contributed by atoms with E-state index in [0.717, 1.165) is 32.1 Å². The van der Waals surface area contributed by atoms with Crippen LogP contribution >= 0.6 is 0 Å². The van der Waals surface area contributed by atoms with Crippen molar-refractivity contribution >= 4 is 0 Å². The average molecular weight is 312 g/mol. The molecule has 0 radical (unpaired) electrons. The molecule has 3 atom stereocenters. The van der Waals surface area contributed by atoms with Crippen LogP contribution in [0.3, 0.4) is 0 Å². The number of phenolic OH excluding ortho intramolecular Hbond substituents is 1. The van der Waals surface area contributed by atoms with E-state index in [9.17, 15) is 10.2 Å². The largest absolute Gasteiger partial charge is 0.508 e. The number of hydrogen-bond donors (Lipinski definition) is 2. The number of aryl methyl sites for hydroxylation is 1. The molecular formula is C21H28O2. The number of aromatic hydroxyl groups is 1. The number of unbranched alkanes of at least 4 members (excludes halogenated alkanes) is 1. The van der Waals surface area contributed by atoms with E-state index in [1.807, 2.05) is 19.1 Å². The molecule has 23 heavy (non-hydrogen) atoms. The van der Waals surface area contributed by atoms with Crippen molar-refractivity contribution in [2.75, 3.05) is 0 Å². The van der Waals surface area contributed by atoms with Crippen LogP contribution in [-0.2, 0) is 11.8 Å². The van der Waals surface area contributed by atoms with Gasteiger partial charge in [0.05, 0.1) is 0 Å². The van der Waals surface area contributed by atoms with E-state index in [2.05, 4.69) is 24.8 Å². The van der Waals surface area contributed by atoms with Gasteiger partial charge in [-0.2, -0.15) is 0 Å². The van der Waals surface area contributed by atoms with Gasteiger partial charge < -0.3 is 10.2 Å². The van der Waals surface area contributed by atoms with Crippen LogP contribution in [0.5, 0.6) is 5.75 Å². The molecule has 2 heteroatoms. The summed E-state index contributed by atoms with van der Waals surface area (Å²) >= 11 is 0. The van der Waals surface area contributed by atoms with E-state index in [4.69, 9.17) is 0 Å². The van der Waals surface area contributed by atoms with E-state index in [-0.39, 0.29) is 5.41 Å². The lowest BCUT2D eigenvalue weighted by molar-refractivity contribution is -0.0113. The highest BCUT2D eigenvalue weighted by Crippen LogP contribution is 2.55. The molecule has 2 aliphatic rings. The first-order valence-corrected chi connectivity index (χ1v) is 9.02. The summed E-state index contributed by atoms with van der Waals surface area (Å²) in [5, 5.41) is 20.7. The van der Waals surface area contributed by atoms with Gasteiger partial charge in [0.25, 0.3) is 0 Å². The molecule has 1 saturated carbocycles. The Bertz CT molecular complexity index is 639. The minimum atomic E-state index is -0.802. The Morgan fingerprint density at radius 3 is 2.87 bits per heavy atom. The summed E-state index contributed by atoms with van der Waals surface area (Å²) in [7, 11) is 0. The molecule has 2 aliphatic carbocycles. The second-order valence-electron chi connectivity index (χ2n) is 7.45. The summed E-state index contributed by atoms with van der Waals surface area (Å²) in [6.45, 7) is 4.06. The van der Waals surface area contributed by atoms with Crippen LogP contribution in [0.2, 0.25) is 0 Å². The summed E-state index contributed by atoms with van der Waals surface area (Å²) in [4.78, 5) is 0. The van der Waals surface area contributed by atoms with E-state index in [1.54, 1.807) is 0 Å². The molecule has 0 aliphatic heterocycles. The fourth-order valence-electron chi connectivity index (χ4n) is 4.98. The van der Waals surface area contributed by atoms with Gasteiger partial charge in [0.15, 0.2) is 0 Å². The maximum Gasteiger partial charge on any atom is 0.125 e. The van der Waals surface area contributed by atoms with E-state index >= 15 is 0 Å². The Labute approximate surface area is 139 Å². The lowest BCUT2D eigenvalue weighted by atomic mass is 9.53. The van der Waals surface area contributed by atoms with Crippen molar-refractivity contribution in [1.82, 2.24) is 0 Å². The highest BCUT2D eigenvalue weighted by molar-refractivity contribution is 5.43. The number of hydrogen-bond acceptors (Lipinski definition) is 2. The number of benzene rings is 1. The van der Waals surface area contributed by atoms with Gasteiger partial charge in [0.2, 0.25) is 0 Å². The quantitative estimate of drug-likeness (QED) is 0.816. The predicted octanol–water partition coefficient (Wildman–Crippen LogP) is 4.32. The van der Waals surface area contributed by atoms with Crippen molar-refractivity contribution in [3.8, 4) is 17.6 Å². The van der Waals surface area contributed by atoms with Crippen LogP contribution in [0, 0.1) is 17.8 Å². The molecule has 0 bridgehead atoms. The molecule has 3 rings (SSSR count). The first-order valence-electron chi connectivity index (χ1n) is 9.02. The van der Waals surface area contributed by atoms with Crippen molar-refractivity contribution in [2.45, 2.75) is 76.2 Å². The van der Waals surface area contributed by atoms with Crippen LogP contribution in [-0.4, -0.2) is 15.8 Å². The topological polar surface area (TPSA) is 40.5 Å². The second-order valence-corrected chi connectivity index (χ2v) is 7.45. The smallest absolute Gasteiger partial charge is 0.125 e. The van der Waals surface area contributed by atoms with Gasteiger partial charge in [-0.15, -0.1) is 5.92 Å². The monoisotopic (exact) mass is 312 g/mol. The zero-order chi connectivity index (χ0) is 16.5. The lowest BCUT2D eigenvalue weighted by Gasteiger charge is -2.52. The zero-order valence-electron chi connectivity index (χ0n) is 14.4. The summed E-state index contributed by atoms with van der Waals surface area (Å²) in [6, 6.07) is 5.93. The molecule has 0 heterocycles. The summed E-state index contributed by atoms with van der Waals surface area (Å²) in [5.41, 5.74) is 2.10. The molecule has 1 aromatic carbocycles. The third-order valence-corrected chi connectivity index (χ3v) is 6.07. The fourth-order valence-corrected chi connectivity index (χ4v) is 4.98. The number of fused-ring (bicyclic) bond motifs is 3. The summed E-state index contributed by atoms with van der Waals surface area (Å²) in [6.07, 6.45) is 8.23. The van der Waals surface area contributed by atoms with Crippen molar-refractivity contribution in [1.29, 1.82) is 0 Å². The Morgan fingerprint density at radius 1 is 1.30 bits per heavy atom. The molecule has 0 saturated heterocycles. The molecule has 0 aromatic heterocycles. The third kappa shape index (κ3) is 2.88. The average Bonchev–Trinajstić information content (AvgIpc) is 2.53. The van der Waals surface area contributed by atoms with Gasteiger partial charge in [-0.25, -0.2) is 0 Å². The van der Waals surface area contributed by atoms with Crippen LogP contribution in [0.1, 0.15) is 69.9 Å². The maximum atomic E-state index is 10.8. The molecule has 124 valence electrons. The molecule has 0 spiro atoms. The Kier molecular flexibility index (Phi) is 4.43. The van der Waals surface area contributed by atoms with Crippen molar-refractivity contribution < 1.29 is 10.2 Å². The minimum Gasteiger partial charge on any atom is -0.508 e. The lowest BCUT2D eigenvalue weighted by Crippen LogP contribution is -2.49. The Balaban J connectivity index is 2.01. The number of aliphatic hydroxyl groups is 1. The van der Waals surface area contributed by atoms with Crippen molar-refractivity contribution in [2.24, 2.45) is 5.92 Å². The van der Waals surface area contributed by atoms with Gasteiger partial charge in [0, 0.05) is 0 Å². The second kappa shape index (κ2) is 6.21. The molecule has 1 fully saturated rings. The predicted molar refractivity (Wildman–Crippen MR) is 93.4 cm³/mol. The van der Waals surface area contributed by atoms with E-state index in [1.165, 1.54) is 30.4 Å².